The van der Waals surface area contributed by atoms with Crippen LogP contribution in [0.15, 0.2) is 42.5 Å². The molecule has 0 saturated heterocycles. The second kappa shape index (κ2) is 5.32. The third-order valence-corrected chi connectivity index (χ3v) is 3.29. The first kappa shape index (κ1) is 12.8. The summed E-state index contributed by atoms with van der Waals surface area (Å²) in [5.41, 5.74) is 10.1. The van der Waals surface area contributed by atoms with Gasteiger partial charge in [0, 0.05) is 0 Å². The second-order valence-corrected chi connectivity index (χ2v) is 4.58. The summed E-state index contributed by atoms with van der Waals surface area (Å²) >= 11 is 0. The van der Waals surface area contributed by atoms with E-state index in [9.17, 15) is 4.39 Å². The van der Waals surface area contributed by atoms with Gasteiger partial charge in [-0.1, -0.05) is 43.3 Å². The summed E-state index contributed by atoms with van der Waals surface area (Å²) in [7, 11) is 0. The molecular formula is C16H18FN. The SMILES string of the molecule is CCc1ccc(C(N)c2ccc(F)c(C)c2)cc1. The number of rotatable bonds is 3. The van der Waals surface area contributed by atoms with E-state index in [0.29, 0.717) is 5.56 Å². The Bertz CT molecular complexity index is 531. The van der Waals surface area contributed by atoms with E-state index in [1.54, 1.807) is 13.0 Å². The molecule has 1 unspecified atom stereocenters. The van der Waals surface area contributed by atoms with Gasteiger partial charge < -0.3 is 5.73 Å². The minimum absolute atomic E-state index is 0.188. The zero-order chi connectivity index (χ0) is 13.1. The van der Waals surface area contributed by atoms with Crippen molar-refractivity contribution in [2.45, 2.75) is 26.3 Å². The Labute approximate surface area is 107 Å². The van der Waals surface area contributed by atoms with E-state index in [-0.39, 0.29) is 11.9 Å². The van der Waals surface area contributed by atoms with Crippen molar-refractivity contribution in [3.8, 4) is 0 Å². The zero-order valence-corrected chi connectivity index (χ0v) is 10.8. The van der Waals surface area contributed by atoms with Crippen molar-refractivity contribution in [2.75, 3.05) is 0 Å². The Balaban J connectivity index is 2.28. The predicted octanol–water partition coefficient (Wildman–Crippen LogP) is 3.74. The lowest BCUT2D eigenvalue weighted by Gasteiger charge is -2.14. The van der Waals surface area contributed by atoms with Crippen molar-refractivity contribution in [3.05, 3.63) is 70.5 Å². The molecule has 2 rings (SSSR count). The van der Waals surface area contributed by atoms with Gasteiger partial charge in [-0.15, -0.1) is 0 Å². The highest BCUT2D eigenvalue weighted by atomic mass is 19.1. The van der Waals surface area contributed by atoms with E-state index in [0.717, 1.165) is 17.5 Å². The monoisotopic (exact) mass is 243 g/mol. The molecule has 2 aromatic carbocycles. The summed E-state index contributed by atoms with van der Waals surface area (Å²) in [4.78, 5) is 0. The molecule has 0 aliphatic carbocycles. The standard InChI is InChI=1S/C16H18FN/c1-3-12-4-6-13(7-5-12)16(18)14-8-9-15(17)11(2)10-14/h4-10,16H,3,18H2,1-2H3. The van der Waals surface area contributed by atoms with Crippen LogP contribution in [-0.2, 0) is 6.42 Å². The summed E-state index contributed by atoms with van der Waals surface area (Å²) in [6.45, 7) is 3.88. The van der Waals surface area contributed by atoms with Crippen molar-refractivity contribution < 1.29 is 4.39 Å². The van der Waals surface area contributed by atoms with Crippen LogP contribution >= 0.6 is 0 Å². The average Bonchev–Trinajstić information content (AvgIpc) is 2.41. The minimum atomic E-state index is -0.199. The molecule has 0 amide bonds. The highest BCUT2D eigenvalue weighted by molar-refractivity contribution is 5.35. The first-order chi connectivity index (χ1) is 8.61. The topological polar surface area (TPSA) is 26.0 Å². The van der Waals surface area contributed by atoms with Crippen molar-refractivity contribution in [2.24, 2.45) is 5.73 Å². The maximum atomic E-state index is 13.2. The molecule has 2 heteroatoms. The van der Waals surface area contributed by atoms with Gasteiger partial charge in [0.1, 0.15) is 5.82 Å². The molecule has 1 nitrogen and oxygen atoms in total. The number of hydrogen-bond donors (Lipinski definition) is 1. The van der Waals surface area contributed by atoms with Crippen LogP contribution in [0.25, 0.3) is 0 Å². The number of hydrogen-bond acceptors (Lipinski definition) is 1. The fourth-order valence-electron chi connectivity index (χ4n) is 2.01. The second-order valence-electron chi connectivity index (χ2n) is 4.58. The Hall–Kier alpha value is -1.67. The van der Waals surface area contributed by atoms with Crippen LogP contribution in [-0.4, -0.2) is 0 Å². The molecule has 0 fully saturated rings. The summed E-state index contributed by atoms with van der Waals surface area (Å²) in [5, 5.41) is 0. The molecule has 0 bridgehead atoms. The van der Waals surface area contributed by atoms with E-state index in [4.69, 9.17) is 5.73 Å². The molecule has 0 aliphatic heterocycles. The third-order valence-electron chi connectivity index (χ3n) is 3.29. The number of nitrogens with two attached hydrogens (primary N) is 1. The Kier molecular flexibility index (Phi) is 3.78. The minimum Gasteiger partial charge on any atom is -0.320 e. The molecule has 0 radical (unpaired) electrons. The summed E-state index contributed by atoms with van der Waals surface area (Å²) in [5.74, 6) is -0.188. The fraction of sp³-hybridized carbons (Fsp3) is 0.250. The van der Waals surface area contributed by atoms with Gasteiger partial charge in [0.05, 0.1) is 6.04 Å². The lowest BCUT2D eigenvalue weighted by atomic mass is 9.97. The van der Waals surface area contributed by atoms with Crippen molar-refractivity contribution >= 4 is 0 Å². The van der Waals surface area contributed by atoms with Crippen LogP contribution in [0.4, 0.5) is 4.39 Å². The Morgan fingerprint density at radius 2 is 1.67 bits per heavy atom. The highest BCUT2D eigenvalue weighted by Crippen LogP contribution is 2.22. The van der Waals surface area contributed by atoms with Gasteiger partial charge >= 0.3 is 0 Å². The fourth-order valence-corrected chi connectivity index (χ4v) is 2.01. The molecule has 0 aromatic heterocycles. The molecule has 0 spiro atoms. The van der Waals surface area contributed by atoms with Gasteiger partial charge in [0.15, 0.2) is 0 Å². The van der Waals surface area contributed by atoms with Crippen LogP contribution in [0.3, 0.4) is 0 Å². The molecule has 0 saturated carbocycles. The van der Waals surface area contributed by atoms with Crippen LogP contribution in [0.5, 0.6) is 0 Å². The van der Waals surface area contributed by atoms with Crippen molar-refractivity contribution in [3.63, 3.8) is 0 Å². The van der Waals surface area contributed by atoms with Gasteiger partial charge in [0.25, 0.3) is 0 Å². The van der Waals surface area contributed by atoms with Gasteiger partial charge in [-0.05, 0) is 41.7 Å². The van der Waals surface area contributed by atoms with Gasteiger partial charge in [-0.2, -0.15) is 0 Å². The molecule has 0 heterocycles. The van der Waals surface area contributed by atoms with Crippen LogP contribution in [0.1, 0.15) is 35.2 Å². The average molecular weight is 243 g/mol. The Morgan fingerprint density at radius 1 is 1.06 bits per heavy atom. The van der Waals surface area contributed by atoms with Crippen molar-refractivity contribution in [1.82, 2.24) is 0 Å². The number of benzene rings is 2. The van der Waals surface area contributed by atoms with E-state index < -0.39 is 0 Å². The van der Waals surface area contributed by atoms with E-state index >= 15 is 0 Å². The van der Waals surface area contributed by atoms with E-state index in [1.807, 2.05) is 18.2 Å². The first-order valence-corrected chi connectivity index (χ1v) is 6.22. The molecule has 0 aliphatic rings. The largest absolute Gasteiger partial charge is 0.320 e. The smallest absolute Gasteiger partial charge is 0.126 e. The number of halogens is 1. The lowest BCUT2D eigenvalue weighted by molar-refractivity contribution is 0.617. The van der Waals surface area contributed by atoms with E-state index in [2.05, 4.69) is 19.1 Å². The molecule has 1 atom stereocenters. The molecular weight excluding hydrogens is 225 g/mol. The zero-order valence-electron chi connectivity index (χ0n) is 10.8. The van der Waals surface area contributed by atoms with Gasteiger partial charge in [-0.3, -0.25) is 0 Å². The first-order valence-electron chi connectivity index (χ1n) is 6.22. The molecule has 2 aromatic rings. The summed E-state index contributed by atoms with van der Waals surface area (Å²) in [6.07, 6.45) is 1.02. The quantitative estimate of drug-likeness (QED) is 0.873. The summed E-state index contributed by atoms with van der Waals surface area (Å²) in [6, 6.07) is 13.1. The lowest BCUT2D eigenvalue weighted by Crippen LogP contribution is -2.12. The van der Waals surface area contributed by atoms with Crippen LogP contribution < -0.4 is 5.73 Å². The predicted molar refractivity (Wildman–Crippen MR) is 73.0 cm³/mol. The third kappa shape index (κ3) is 2.59. The van der Waals surface area contributed by atoms with Crippen LogP contribution in [0.2, 0.25) is 0 Å². The molecule has 18 heavy (non-hydrogen) atoms. The van der Waals surface area contributed by atoms with Gasteiger partial charge in [0.2, 0.25) is 0 Å². The normalized spacial score (nSPS) is 12.4. The van der Waals surface area contributed by atoms with E-state index in [1.165, 1.54) is 11.6 Å². The Morgan fingerprint density at radius 3 is 2.22 bits per heavy atom. The molecule has 94 valence electrons. The summed E-state index contributed by atoms with van der Waals surface area (Å²) < 4.78 is 13.2. The van der Waals surface area contributed by atoms with Crippen LogP contribution in [0, 0.1) is 12.7 Å². The van der Waals surface area contributed by atoms with Crippen molar-refractivity contribution in [1.29, 1.82) is 0 Å². The molecule has 2 N–H and O–H groups in total. The number of aryl methyl sites for hydroxylation is 2. The maximum Gasteiger partial charge on any atom is 0.126 e. The maximum absolute atomic E-state index is 13.2. The van der Waals surface area contributed by atoms with Gasteiger partial charge in [-0.25, -0.2) is 4.39 Å². The highest BCUT2D eigenvalue weighted by Gasteiger charge is 2.10.